The lowest BCUT2D eigenvalue weighted by Crippen LogP contribution is -2.50. The summed E-state index contributed by atoms with van der Waals surface area (Å²) in [5.41, 5.74) is -0.165. The Hall–Kier alpha value is -1.22. The number of aliphatic carboxylic acids is 1. The maximum absolute atomic E-state index is 12.6. The molecule has 1 aliphatic rings. The molecule has 1 saturated heterocycles. The third kappa shape index (κ3) is 15.6. The number of hydrogen-bond donors (Lipinski definition) is 1. The number of carbonyl (C=O) groups is 2. The van der Waals surface area contributed by atoms with Gasteiger partial charge in [0.05, 0.1) is 13.1 Å². The van der Waals surface area contributed by atoms with Crippen LogP contribution in [-0.4, -0.2) is 121 Å². The number of carboxylic acid groups (broad SMARTS) is 1. The molecule has 0 aromatic heterocycles. The quantitative estimate of drug-likeness (QED) is 0.577. The predicted octanol–water partition coefficient (Wildman–Crippen LogP) is 2.73. The van der Waals surface area contributed by atoms with Crippen molar-refractivity contribution in [3.8, 4) is 0 Å². The first-order chi connectivity index (χ1) is 15.4. The van der Waals surface area contributed by atoms with Crippen molar-refractivity contribution in [1.29, 1.82) is 0 Å². The van der Waals surface area contributed by atoms with Crippen LogP contribution in [0.15, 0.2) is 0 Å². The van der Waals surface area contributed by atoms with Crippen molar-refractivity contribution in [2.75, 3.05) is 78.5 Å². The van der Waals surface area contributed by atoms with Gasteiger partial charge in [0, 0.05) is 65.4 Å². The summed E-state index contributed by atoms with van der Waals surface area (Å²) in [4.78, 5) is 33.1. The van der Waals surface area contributed by atoms with Crippen LogP contribution in [0.3, 0.4) is 0 Å². The zero-order valence-electron chi connectivity index (χ0n) is 23.4. The summed E-state index contributed by atoms with van der Waals surface area (Å²) in [5, 5.41) is 9.44. The minimum atomic E-state index is -0.815. The summed E-state index contributed by atoms with van der Waals surface area (Å²) in [7, 11) is 0. The van der Waals surface area contributed by atoms with E-state index in [2.05, 4.69) is 56.2 Å². The fraction of sp³-hybridized carbons (Fsp3) is 0.923. The van der Waals surface area contributed by atoms with E-state index in [-0.39, 0.29) is 29.9 Å². The SMILES string of the molecule is CC(C)(C)CN1CCN(CC(=O)O)CCN(CC(=O)OC(C)(C)C)CCN(CC(C)(C)C)CC1. The highest BCUT2D eigenvalue weighted by molar-refractivity contribution is 5.72. The lowest BCUT2D eigenvalue weighted by atomic mass is 9.95. The second-order valence-electron chi connectivity index (χ2n) is 13.2. The Morgan fingerprint density at radius 1 is 0.618 bits per heavy atom. The number of hydrogen-bond acceptors (Lipinski definition) is 7. The Bertz CT molecular complexity index is 634. The van der Waals surface area contributed by atoms with Crippen LogP contribution in [0.25, 0.3) is 0 Å². The van der Waals surface area contributed by atoms with Crippen molar-refractivity contribution < 1.29 is 19.4 Å². The standard InChI is InChI=1S/C26H52N4O4/c1-24(2,3)20-29-14-12-27(18-22(31)32)10-11-28(19-23(33)34-26(7,8)9)13-15-30(17-16-29)21-25(4,5)6/h10-21H2,1-9H3,(H,31,32). The molecule has 1 aliphatic heterocycles. The minimum Gasteiger partial charge on any atom is -0.480 e. The molecule has 0 spiro atoms. The molecule has 1 fully saturated rings. The number of rotatable bonds is 6. The first-order valence-electron chi connectivity index (χ1n) is 12.7. The van der Waals surface area contributed by atoms with Crippen molar-refractivity contribution in [3.05, 3.63) is 0 Å². The first-order valence-corrected chi connectivity index (χ1v) is 12.7. The van der Waals surface area contributed by atoms with Crippen LogP contribution in [0, 0.1) is 10.8 Å². The Balaban J connectivity index is 3.03. The molecule has 0 bridgehead atoms. The molecule has 34 heavy (non-hydrogen) atoms. The van der Waals surface area contributed by atoms with E-state index in [1.54, 1.807) is 0 Å². The fourth-order valence-electron chi connectivity index (χ4n) is 4.30. The molecule has 0 unspecified atom stereocenters. The third-order valence-corrected chi connectivity index (χ3v) is 5.46. The van der Waals surface area contributed by atoms with Gasteiger partial charge in [-0.1, -0.05) is 41.5 Å². The van der Waals surface area contributed by atoms with E-state index in [1.165, 1.54) is 0 Å². The summed E-state index contributed by atoms with van der Waals surface area (Å²) in [5.74, 6) is -1.05. The summed E-state index contributed by atoms with van der Waals surface area (Å²) < 4.78 is 5.56. The number of nitrogens with zero attached hydrogens (tertiary/aromatic N) is 4. The van der Waals surface area contributed by atoms with Gasteiger partial charge in [-0.3, -0.25) is 19.4 Å². The molecule has 8 heteroatoms. The lowest BCUT2D eigenvalue weighted by molar-refractivity contribution is -0.156. The first kappa shape index (κ1) is 30.8. The molecule has 0 amide bonds. The average Bonchev–Trinajstić information content (AvgIpc) is 2.59. The molecule has 1 N–H and O–H groups in total. The van der Waals surface area contributed by atoms with Crippen LogP contribution in [0.1, 0.15) is 62.3 Å². The van der Waals surface area contributed by atoms with E-state index in [1.807, 2.05) is 25.7 Å². The molecule has 0 aromatic carbocycles. The summed E-state index contributed by atoms with van der Waals surface area (Å²) in [6.45, 7) is 27.6. The molecule has 8 nitrogen and oxygen atoms in total. The molecule has 1 heterocycles. The molecule has 0 saturated carbocycles. The van der Waals surface area contributed by atoms with Crippen molar-refractivity contribution >= 4 is 11.9 Å². The molecule has 0 aromatic rings. The minimum absolute atomic E-state index is 0.0137. The number of ether oxygens (including phenoxy) is 1. The van der Waals surface area contributed by atoms with Gasteiger partial charge in [0.2, 0.25) is 0 Å². The van der Waals surface area contributed by atoms with Crippen LogP contribution in [0.5, 0.6) is 0 Å². The van der Waals surface area contributed by atoms with Gasteiger partial charge in [-0.2, -0.15) is 0 Å². The zero-order valence-corrected chi connectivity index (χ0v) is 23.4. The van der Waals surface area contributed by atoms with Crippen molar-refractivity contribution in [2.24, 2.45) is 10.8 Å². The van der Waals surface area contributed by atoms with Crippen molar-refractivity contribution in [3.63, 3.8) is 0 Å². The van der Waals surface area contributed by atoms with Gasteiger partial charge in [-0.15, -0.1) is 0 Å². The molecule has 0 radical (unpaired) electrons. The zero-order chi connectivity index (χ0) is 26.2. The van der Waals surface area contributed by atoms with Gasteiger partial charge in [0.25, 0.3) is 0 Å². The highest BCUT2D eigenvalue weighted by Crippen LogP contribution is 2.18. The number of esters is 1. The van der Waals surface area contributed by atoms with Crippen LogP contribution in [0.2, 0.25) is 0 Å². The Kier molecular flexibility index (Phi) is 12.0. The maximum Gasteiger partial charge on any atom is 0.320 e. The van der Waals surface area contributed by atoms with E-state index in [0.717, 1.165) is 45.8 Å². The molecule has 200 valence electrons. The van der Waals surface area contributed by atoms with Gasteiger partial charge in [0.15, 0.2) is 0 Å². The molecule has 0 atom stereocenters. The molecular weight excluding hydrogens is 432 g/mol. The summed E-state index contributed by atoms with van der Waals surface area (Å²) >= 11 is 0. The van der Waals surface area contributed by atoms with E-state index >= 15 is 0 Å². The van der Waals surface area contributed by atoms with Crippen LogP contribution >= 0.6 is 0 Å². The number of carboxylic acids is 1. The van der Waals surface area contributed by atoms with Gasteiger partial charge in [-0.05, 0) is 31.6 Å². The van der Waals surface area contributed by atoms with E-state index in [9.17, 15) is 14.7 Å². The fourth-order valence-corrected chi connectivity index (χ4v) is 4.30. The topological polar surface area (TPSA) is 76.6 Å². The van der Waals surface area contributed by atoms with Gasteiger partial charge >= 0.3 is 11.9 Å². The van der Waals surface area contributed by atoms with Crippen molar-refractivity contribution in [2.45, 2.75) is 67.9 Å². The monoisotopic (exact) mass is 484 g/mol. The third-order valence-electron chi connectivity index (χ3n) is 5.46. The average molecular weight is 485 g/mol. The smallest absolute Gasteiger partial charge is 0.320 e. The molecule has 1 rings (SSSR count). The van der Waals surface area contributed by atoms with Crippen LogP contribution < -0.4 is 0 Å². The second-order valence-corrected chi connectivity index (χ2v) is 13.2. The van der Waals surface area contributed by atoms with E-state index < -0.39 is 11.6 Å². The second kappa shape index (κ2) is 13.2. The van der Waals surface area contributed by atoms with Gasteiger partial charge in [-0.25, -0.2) is 0 Å². The summed E-state index contributed by atoms with van der Waals surface area (Å²) in [6, 6.07) is 0. The van der Waals surface area contributed by atoms with Crippen LogP contribution in [0.4, 0.5) is 0 Å². The maximum atomic E-state index is 12.6. The van der Waals surface area contributed by atoms with Gasteiger partial charge in [0.1, 0.15) is 5.60 Å². The number of carbonyl (C=O) groups excluding carboxylic acids is 1. The Morgan fingerprint density at radius 2 is 0.941 bits per heavy atom. The lowest BCUT2D eigenvalue weighted by Gasteiger charge is -2.37. The van der Waals surface area contributed by atoms with E-state index in [0.29, 0.717) is 19.6 Å². The molecular formula is C26H52N4O4. The highest BCUT2D eigenvalue weighted by atomic mass is 16.6. The molecule has 0 aliphatic carbocycles. The largest absolute Gasteiger partial charge is 0.480 e. The normalized spacial score (nSPS) is 19.9. The van der Waals surface area contributed by atoms with Crippen molar-refractivity contribution in [1.82, 2.24) is 19.6 Å². The van der Waals surface area contributed by atoms with Crippen LogP contribution in [-0.2, 0) is 14.3 Å². The summed E-state index contributed by atoms with van der Waals surface area (Å²) in [6.07, 6.45) is 0. The predicted molar refractivity (Wildman–Crippen MR) is 138 cm³/mol. The van der Waals surface area contributed by atoms with E-state index in [4.69, 9.17) is 4.74 Å². The highest BCUT2D eigenvalue weighted by Gasteiger charge is 2.24. The van der Waals surface area contributed by atoms with Gasteiger partial charge < -0.3 is 19.6 Å². The Labute approximate surface area is 208 Å². The Morgan fingerprint density at radius 3 is 1.24 bits per heavy atom.